The second-order valence-electron chi connectivity index (χ2n) is 5.09. The van der Waals surface area contributed by atoms with Crippen molar-refractivity contribution in [2.75, 3.05) is 11.9 Å². The maximum absolute atomic E-state index is 11.7. The average Bonchev–Trinajstić information content (AvgIpc) is 2.75. The highest BCUT2D eigenvalue weighted by atomic mass is 35.5. The number of likely N-dealkylation sites (N-methyl/N-ethyl adjacent to an activating group) is 1. The van der Waals surface area contributed by atoms with Crippen LogP contribution in [0.15, 0.2) is 36.4 Å². The molecule has 108 valence electrons. The molecular weight excluding hydrogens is 309 g/mol. The molecule has 5 heteroatoms. The predicted molar refractivity (Wildman–Crippen MR) is 84.1 cm³/mol. The van der Waals surface area contributed by atoms with Crippen LogP contribution in [0.1, 0.15) is 22.8 Å². The summed E-state index contributed by atoms with van der Waals surface area (Å²) in [7, 11) is 1.75. The van der Waals surface area contributed by atoms with E-state index in [4.69, 9.17) is 23.2 Å². The molecule has 0 saturated carbocycles. The van der Waals surface area contributed by atoms with Gasteiger partial charge in [-0.25, -0.2) is 0 Å². The third kappa shape index (κ3) is 2.53. The van der Waals surface area contributed by atoms with Crippen LogP contribution in [0.5, 0.6) is 0 Å². The Morgan fingerprint density at radius 1 is 1.19 bits per heavy atom. The number of fused-ring (bicyclic) bond motifs is 1. The Morgan fingerprint density at radius 3 is 2.71 bits per heavy atom. The molecule has 1 N–H and O–H groups in total. The van der Waals surface area contributed by atoms with Crippen molar-refractivity contribution in [2.45, 2.75) is 12.5 Å². The third-order valence-corrected chi connectivity index (χ3v) is 4.33. The molecule has 0 fully saturated rings. The number of aliphatic hydroxyl groups excluding tert-OH is 1. The summed E-state index contributed by atoms with van der Waals surface area (Å²) in [5.74, 6) is 0.0532. The standard InChI is InChI=1S/C16H13Cl2NO2/c1-19-14-5-2-9(6-10(14)7-15(19)20)16(21)12-8-11(17)3-4-13(12)18/h2-6,8,16,21H,7H2,1H3. The number of carbonyl (C=O) groups is 1. The molecule has 21 heavy (non-hydrogen) atoms. The summed E-state index contributed by atoms with van der Waals surface area (Å²) in [6.45, 7) is 0. The zero-order valence-corrected chi connectivity index (χ0v) is 12.8. The van der Waals surface area contributed by atoms with E-state index < -0.39 is 6.10 Å². The highest BCUT2D eigenvalue weighted by molar-refractivity contribution is 6.33. The molecule has 0 bridgehead atoms. The van der Waals surface area contributed by atoms with Crippen LogP contribution in [0.4, 0.5) is 5.69 Å². The van der Waals surface area contributed by atoms with Gasteiger partial charge in [-0.3, -0.25) is 4.79 Å². The first-order valence-electron chi connectivity index (χ1n) is 6.50. The monoisotopic (exact) mass is 321 g/mol. The SMILES string of the molecule is CN1C(=O)Cc2cc(C(O)c3cc(Cl)ccc3Cl)ccc21. The van der Waals surface area contributed by atoms with Crippen LogP contribution in [0.2, 0.25) is 10.0 Å². The highest BCUT2D eigenvalue weighted by Gasteiger charge is 2.25. The Balaban J connectivity index is 2.00. The van der Waals surface area contributed by atoms with Crippen LogP contribution in [0.25, 0.3) is 0 Å². The second kappa shape index (κ2) is 5.34. The first-order chi connectivity index (χ1) is 9.97. The van der Waals surface area contributed by atoms with Gasteiger partial charge in [-0.05, 0) is 35.4 Å². The highest BCUT2D eigenvalue weighted by Crippen LogP contribution is 2.34. The van der Waals surface area contributed by atoms with E-state index in [1.165, 1.54) is 0 Å². The molecule has 0 aliphatic carbocycles. The Bertz CT molecular complexity index is 730. The van der Waals surface area contributed by atoms with Gasteiger partial charge in [0.05, 0.1) is 6.42 Å². The topological polar surface area (TPSA) is 40.5 Å². The van der Waals surface area contributed by atoms with E-state index in [2.05, 4.69) is 0 Å². The number of benzene rings is 2. The maximum Gasteiger partial charge on any atom is 0.231 e. The van der Waals surface area contributed by atoms with Crippen molar-refractivity contribution in [3.8, 4) is 0 Å². The largest absolute Gasteiger partial charge is 0.384 e. The van der Waals surface area contributed by atoms with Crippen molar-refractivity contribution in [1.29, 1.82) is 0 Å². The van der Waals surface area contributed by atoms with Gasteiger partial charge in [-0.15, -0.1) is 0 Å². The van der Waals surface area contributed by atoms with Crippen molar-refractivity contribution in [3.63, 3.8) is 0 Å². The van der Waals surface area contributed by atoms with E-state index in [1.54, 1.807) is 36.2 Å². The smallest absolute Gasteiger partial charge is 0.231 e. The first kappa shape index (κ1) is 14.4. The van der Waals surface area contributed by atoms with Crippen molar-refractivity contribution in [3.05, 3.63) is 63.1 Å². The van der Waals surface area contributed by atoms with E-state index in [0.717, 1.165) is 11.3 Å². The molecule has 0 aromatic heterocycles. The summed E-state index contributed by atoms with van der Waals surface area (Å²) >= 11 is 12.1. The Kier molecular flexibility index (Phi) is 3.66. The number of amides is 1. The molecule has 1 aliphatic rings. The second-order valence-corrected chi connectivity index (χ2v) is 5.93. The van der Waals surface area contributed by atoms with Crippen LogP contribution >= 0.6 is 23.2 Å². The zero-order chi connectivity index (χ0) is 15.1. The summed E-state index contributed by atoms with van der Waals surface area (Å²) in [6.07, 6.45) is -0.516. The van der Waals surface area contributed by atoms with Crippen molar-refractivity contribution >= 4 is 34.8 Å². The quantitative estimate of drug-likeness (QED) is 0.918. The molecule has 1 aliphatic heterocycles. The Hall–Kier alpha value is -1.55. The normalized spacial score (nSPS) is 15.2. The fraction of sp³-hybridized carbons (Fsp3) is 0.188. The lowest BCUT2D eigenvalue weighted by atomic mass is 9.98. The first-order valence-corrected chi connectivity index (χ1v) is 7.25. The van der Waals surface area contributed by atoms with Crippen molar-refractivity contribution < 1.29 is 9.90 Å². The number of hydrogen-bond donors (Lipinski definition) is 1. The molecule has 2 aromatic rings. The van der Waals surface area contributed by atoms with E-state index in [9.17, 15) is 9.90 Å². The van der Waals surface area contributed by atoms with Gasteiger partial charge in [0, 0.05) is 28.3 Å². The number of nitrogens with zero attached hydrogens (tertiary/aromatic N) is 1. The fourth-order valence-electron chi connectivity index (χ4n) is 2.56. The summed E-state index contributed by atoms with van der Waals surface area (Å²) in [6, 6.07) is 10.5. The van der Waals surface area contributed by atoms with E-state index in [0.29, 0.717) is 27.6 Å². The van der Waals surface area contributed by atoms with E-state index >= 15 is 0 Å². The van der Waals surface area contributed by atoms with Gasteiger partial charge in [0.25, 0.3) is 0 Å². The molecule has 0 radical (unpaired) electrons. The van der Waals surface area contributed by atoms with Crippen molar-refractivity contribution in [2.24, 2.45) is 0 Å². The number of halogens is 2. The van der Waals surface area contributed by atoms with Gasteiger partial charge in [0.1, 0.15) is 6.10 Å². The van der Waals surface area contributed by atoms with Gasteiger partial charge in [-0.1, -0.05) is 35.3 Å². The maximum atomic E-state index is 11.7. The Morgan fingerprint density at radius 2 is 1.95 bits per heavy atom. The predicted octanol–water partition coefficient (Wildman–Crippen LogP) is 3.59. The summed E-state index contributed by atoms with van der Waals surface area (Å²) < 4.78 is 0. The van der Waals surface area contributed by atoms with E-state index in [1.807, 2.05) is 12.1 Å². The zero-order valence-electron chi connectivity index (χ0n) is 11.3. The fourth-order valence-corrected chi connectivity index (χ4v) is 2.97. The van der Waals surface area contributed by atoms with Crippen LogP contribution in [0.3, 0.4) is 0 Å². The molecule has 3 rings (SSSR count). The lowest BCUT2D eigenvalue weighted by molar-refractivity contribution is -0.117. The van der Waals surface area contributed by atoms with Crippen LogP contribution < -0.4 is 4.90 Å². The molecular formula is C16H13Cl2NO2. The van der Waals surface area contributed by atoms with Gasteiger partial charge in [-0.2, -0.15) is 0 Å². The minimum absolute atomic E-state index is 0.0532. The van der Waals surface area contributed by atoms with Gasteiger partial charge in [0.15, 0.2) is 0 Å². The van der Waals surface area contributed by atoms with Crippen LogP contribution in [-0.4, -0.2) is 18.1 Å². The van der Waals surface area contributed by atoms with Crippen molar-refractivity contribution in [1.82, 2.24) is 0 Å². The minimum Gasteiger partial charge on any atom is -0.384 e. The number of anilines is 1. The lowest BCUT2D eigenvalue weighted by Gasteiger charge is -2.16. The summed E-state index contributed by atoms with van der Waals surface area (Å²) in [4.78, 5) is 13.3. The number of carbonyl (C=O) groups excluding carboxylic acids is 1. The average molecular weight is 322 g/mol. The van der Waals surface area contributed by atoms with Gasteiger partial charge in [0.2, 0.25) is 5.91 Å². The Labute approximate surface area is 132 Å². The molecule has 0 saturated heterocycles. The number of rotatable bonds is 2. The van der Waals surface area contributed by atoms with Gasteiger partial charge < -0.3 is 10.0 Å². The molecule has 1 atom stereocenters. The molecule has 3 nitrogen and oxygen atoms in total. The molecule has 1 unspecified atom stereocenters. The number of hydrogen-bond acceptors (Lipinski definition) is 2. The molecule has 1 heterocycles. The van der Waals surface area contributed by atoms with Crippen LogP contribution in [0, 0.1) is 0 Å². The van der Waals surface area contributed by atoms with Gasteiger partial charge >= 0.3 is 0 Å². The lowest BCUT2D eigenvalue weighted by Crippen LogP contribution is -2.20. The summed E-state index contributed by atoms with van der Waals surface area (Å²) in [5, 5.41) is 11.5. The molecule has 2 aromatic carbocycles. The van der Waals surface area contributed by atoms with Crippen LogP contribution in [-0.2, 0) is 11.2 Å². The summed E-state index contributed by atoms with van der Waals surface area (Å²) in [5.41, 5.74) is 3.05. The van der Waals surface area contributed by atoms with E-state index in [-0.39, 0.29) is 5.91 Å². The minimum atomic E-state index is -0.873. The third-order valence-electron chi connectivity index (χ3n) is 3.75. The molecule has 1 amide bonds. The number of aliphatic hydroxyl groups is 1. The molecule has 0 spiro atoms.